The van der Waals surface area contributed by atoms with Gasteiger partial charge in [-0.3, -0.25) is 4.79 Å². The first-order valence-corrected chi connectivity index (χ1v) is 9.93. The number of amides is 1. The van der Waals surface area contributed by atoms with Crippen LogP contribution >= 0.6 is 0 Å². The first kappa shape index (κ1) is 19.5. The molecule has 4 aromatic rings. The normalized spacial score (nSPS) is 11.1. The molecule has 4 rings (SSSR count). The van der Waals surface area contributed by atoms with Gasteiger partial charge in [-0.2, -0.15) is 5.10 Å². The third-order valence-electron chi connectivity index (χ3n) is 4.88. The van der Waals surface area contributed by atoms with Crippen molar-refractivity contribution in [2.45, 2.75) is 13.5 Å². The molecule has 1 amide bonds. The summed E-state index contributed by atoms with van der Waals surface area (Å²) in [6.45, 7) is 2.96. The number of hydrazone groups is 1. The Bertz CT molecular complexity index is 1180. The average molecular weight is 396 g/mol. The van der Waals surface area contributed by atoms with Crippen LogP contribution in [0, 0.1) is 6.92 Å². The summed E-state index contributed by atoms with van der Waals surface area (Å²) in [5.74, 6) is -0.194. The lowest BCUT2D eigenvalue weighted by Gasteiger charge is -2.05. The zero-order valence-corrected chi connectivity index (χ0v) is 16.9. The molecule has 0 radical (unpaired) electrons. The maximum Gasteiger partial charge on any atom is 0.259 e. The maximum atomic E-state index is 12.1. The van der Waals surface area contributed by atoms with E-state index < -0.39 is 0 Å². The number of nitrogens with one attached hydrogen (secondary N) is 2. The standard InChI is InChI=1S/C25H24N4O/c1-19-8-7-11-22(14-19)26-16-25(30)28-27-15-21-18-29(17-20-9-3-2-4-10-20)24-13-6-5-12-23(21)24/h2-15,18,26H,16-17H2,1H3,(H,28,30). The Balaban J connectivity index is 1.43. The van der Waals surface area contributed by atoms with Crippen LogP contribution in [0.4, 0.5) is 5.69 Å². The zero-order chi connectivity index (χ0) is 20.8. The maximum absolute atomic E-state index is 12.1. The van der Waals surface area contributed by atoms with Gasteiger partial charge in [0.15, 0.2) is 0 Å². The molecule has 0 saturated heterocycles. The van der Waals surface area contributed by atoms with Gasteiger partial charge in [-0.25, -0.2) is 5.43 Å². The van der Waals surface area contributed by atoms with Crippen LogP contribution in [0.2, 0.25) is 0 Å². The minimum Gasteiger partial charge on any atom is -0.376 e. The molecule has 0 spiro atoms. The number of aromatic nitrogens is 1. The Morgan fingerprint density at radius 3 is 2.63 bits per heavy atom. The number of rotatable bonds is 7. The van der Waals surface area contributed by atoms with E-state index in [-0.39, 0.29) is 12.5 Å². The van der Waals surface area contributed by atoms with Crippen LogP contribution < -0.4 is 10.7 Å². The van der Waals surface area contributed by atoms with Crippen molar-refractivity contribution in [2.24, 2.45) is 5.10 Å². The molecule has 3 aromatic carbocycles. The molecular formula is C25H24N4O. The van der Waals surface area contributed by atoms with E-state index in [0.29, 0.717) is 0 Å². The van der Waals surface area contributed by atoms with Gasteiger partial charge in [0, 0.05) is 34.9 Å². The molecule has 5 heteroatoms. The van der Waals surface area contributed by atoms with Gasteiger partial charge >= 0.3 is 0 Å². The Hall–Kier alpha value is -3.86. The van der Waals surface area contributed by atoms with Gasteiger partial charge in [-0.15, -0.1) is 0 Å². The van der Waals surface area contributed by atoms with E-state index in [2.05, 4.69) is 50.9 Å². The smallest absolute Gasteiger partial charge is 0.259 e. The molecule has 30 heavy (non-hydrogen) atoms. The van der Waals surface area contributed by atoms with E-state index >= 15 is 0 Å². The monoisotopic (exact) mass is 396 g/mol. The van der Waals surface area contributed by atoms with Gasteiger partial charge in [0.05, 0.1) is 12.8 Å². The second-order valence-corrected chi connectivity index (χ2v) is 7.23. The number of nitrogens with zero attached hydrogens (tertiary/aromatic N) is 2. The lowest BCUT2D eigenvalue weighted by Crippen LogP contribution is -2.25. The second-order valence-electron chi connectivity index (χ2n) is 7.23. The first-order chi connectivity index (χ1) is 14.7. The third-order valence-corrected chi connectivity index (χ3v) is 4.88. The molecule has 2 N–H and O–H groups in total. The highest BCUT2D eigenvalue weighted by Crippen LogP contribution is 2.21. The van der Waals surface area contributed by atoms with E-state index in [1.165, 1.54) is 5.56 Å². The highest BCUT2D eigenvalue weighted by Gasteiger charge is 2.07. The molecule has 0 unspecified atom stereocenters. The molecule has 0 aliphatic rings. The summed E-state index contributed by atoms with van der Waals surface area (Å²) in [6.07, 6.45) is 3.77. The van der Waals surface area contributed by atoms with Crippen LogP contribution in [0.1, 0.15) is 16.7 Å². The average Bonchev–Trinajstić information content (AvgIpc) is 3.11. The lowest BCUT2D eigenvalue weighted by atomic mass is 10.2. The summed E-state index contributed by atoms with van der Waals surface area (Å²) in [6, 6.07) is 26.5. The fourth-order valence-corrected chi connectivity index (χ4v) is 3.44. The molecular weight excluding hydrogens is 372 g/mol. The van der Waals surface area contributed by atoms with Crippen molar-refractivity contribution in [3.63, 3.8) is 0 Å². The molecule has 1 heterocycles. The lowest BCUT2D eigenvalue weighted by molar-refractivity contribution is -0.119. The van der Waals surface area contributed by atoms with Gasteiger partial charge < -0.3 is 9.88 Å². The molecule has 0 bridgehead atoms. The van der Waals surface area contributed by atoms with Gasteiger partial charge in [-0.05, 0) is 36.2 Å². The van der Waals surface area contributed by atoms with Gasteiger partial charge in [0.25, 0.3) is 5.91 Å². The molecule has 1 aromatic heterocycles. The number of hydrogen-bond acceptors (Lipinski definition) is 3. The minimum atomic E-state index is -0.194. The van der Waals surface area contributed by atoms with E-state index in [1.807, 2.05) is 61.5 Å². The Morgan fingerprint density at radius 2 is 1.80 bits per heavy atom. The van der Waals surface area contributed by atoms with Crippen molar-refractivity contribution >= 4 is 28.7 Å². The molecule has 0 saturated carbocycles. The summed E-state index contributed by atoms with van der Waals surface area (Å²) in [5, 5.41) is 8.37. The molecule has 150 valence electrons. The van der Waals surface area contributed by atoms with Crippen molar-refractivity contribution in [3.8, 4) is 0 Å². The highest BCUT2D eigenvalue weighted by atomic mass is 16.2. The van der Waals surface area contributed by atoms with Crippen LogP contribution in [-0.2, 0) is 11.3 Å². The number of aryl methyl sites for hydroxylation is 1. The number of fused-ring (bicyclic) bond motifs is 1. The number of hydrogen-bond donors (Lipinski definition) is 2. The fraction of sp³-hybridized carbons (Fsp3) is 0.120. The number of benzene rings is 3. The predicted octanol–water partition coefficient (Wildman–Crippen LogP) is 4.56. The fourth-order valence-electron chi connectivity index (χ4n) is 3.44. The van der Waals surface area contributed by atoms with Crippen molar-refractivity contribution in [3.05, 3.63) is 102 Å². The predicted molar refractivity (Wildman–Crippen MR) is 123 cm³/mol. The van der Waals surface area contributed by atoms with E-state index in [1.54, 1.807) is 6.21 Å². The van der Waals surface area contributed by atoms with Crippen molar-refractivity contribution < 1.29 is 4.79 Å². The van der Waals surface area contributed by atoms with E-state index in [0.717, 1.165) is 34.3 Å². The van der Waals surface area contributed by atoms with Crippen molar-refractivity contribution in [1.82, 2.24) is 9.99 Å². The SMILES string of the molecule is Cc1cccc(NCC(=O)NN=Cc2cn(Cc3ccccc3)c3ccccc23)c1. The number of carbonyl (C=O) groups excluding carboxylic acids is 1. The van der Waals surface area contributed by atoms with Crippen molar-refractivity contribution in [1.29, 1.82) is 0 Å². The largest absolute Gasteiger partial charge is 0.376 e. The van der Waals surface area contributed by atoms with Gasteiger partial charge in [0.2, 0.25) is 0 Å². The van der Waals surface area contributed by atoms with E-state index in [9.17, 15) is 4.79 Å². The summed E-state index contributed by atoms with van der Waals surface area (Å²) < 4.78 is 2.20. The summed E-state index contributed by atoms with van der Waals surface area (Å²) in [5.41, 5.74) is 7.99. The van der Waals surface area contributed by atoms with Crippen molar-refractivity contribution in [2.75, 3.05) is 11.9 Å². The molecule has 0 aliphatic heterocycles. The molecule has 0 fully saturated rings. The van der Waals surface area contributed by atoms with Crippen LogP contribution in [0.5, 0.6) is 0 Å². The summed E-state index contributed by atoms with van der Waals surface area (Å²) in [4.78, 5) is 12.1. The van der Waals surface area contributed by atoms with E-state index in [4.69, 9.17) is 0 Å². The highest BCUT2D eigenvalue weighted by molar-refractivity contribution is 5.99. The minimum absolute atomic E-state index is 0.163. The van der Waals surface area contributed by atoms with Crippen LogP contribution in [0.3, 0.4) is 0 Å². The summed E-state index contributed by atoms with van der Waals surface area (Å²) in [7, 11) is 0. The van der Waals surface area contributed by atoms with Crippen LogP contribution in [0.25, 0.3) is 10.9 Å². The number of carbonyl (C=O) groups is 1. The Kier molecular flexibility index (Phi) is 5.90. The van der Waals surface area contributed by atoms with Crippen LogP contribution in [0.15, 0.2) is 90.2 Å². The first-order valence-electron chi connectivity index (χ1n) is 9.93. The third kappa shape index (κ3) is 4.75. The molecule has 5 nitrogen and oxygen atoms in total. The quantitative estimate of drug-likeness (QED) is 0.355. The van der Waals surface area contributed by atoms with Gasteiger partial charge in [-0.1, -0.05) is 60.7 Å². The molecule has 0 atom stereocenters. The zero-order valence-electron chi connectivity index (χ0n) is 16.9. The topological polar surface area (TPSA) is 58.4 Å². The second kappa shape index (κ2) is 9.09. The Labute approximate surface area is 176 Å². The van der Waals surface area contributed by atoms with Crippen LogP contribution in [-0.4, -0.2) is 23.2 Å². The number of para-hydroxylation sites is 1. The Morgan fingerprint density at radius 1 is 1.00 bits per heavy atom. The summed E-state index contributed by atoms with van der Waals surface area (Å²) >= 11 is 0. The number of anilines is 1. The molecule has 0 aliphatic carbocycles. The van der Waals surface area contributed by atoms with Gasteiger partial charge in [0.1, 0.15) is 0 Å².